The molecule has 368 valence electrons. The van der Waals surface area contributed by atoms with Crippen molar-refractivity contribution < 1.29 is 42.1 Å². The van der Waals surface area contributed by atoms with Crippen LogP contribution in [0.15, 0.2) is 48.6 Å². The van der Waals surface area contributed by atoms with E-state index in [-0.39, 0.29) is 26.1 Å². The number of quaternary nitrogens is 1. The maximum Gasteiger partial charge on any atom is 0.306 e. The quantitative estimate of drug-likeness (QED) is 0.0195. The number of hydrogen-bond acceptors (Lipinski definition) is 8. The summed E-state index contributed by atoms with van der Waals surface area (Å²) in [5.74, 6) is -0.892. The molecule has 0 saturated heterocycles. The normalized spacial score (nSPS) is 13.8. The van der Waals surface area contributed by atoms with Crippen molar-refractivity contribution in [2.75, 3.05) is 47.5 Å². The van der Waals surface area contributed by atoms with Gasteiger partial charge in [-0.25, -0.2) is 0 Å². The van der Waals surface area contributed by atoms with Gasteiger partial charge in [-0.05, 0) is 51.4 Å². The molecule has 2 atom stereocenters. The lowest BCUT2D eigenvalue weighted by Crippen LogP contribution is -2.37. The second-order valence-corrected chi connectivity index (χ2v) is 20.0. The minimum Gasteiger partial charge on any atom is -0.756 e. The van der Waals surface area contributed by atoms with Gasteiger partial charge in [0.05, 0.1) is 27.7 Å². The van der Waals surface area contributed by atoms with Crippen LogP contribution >= 0.6 is 7.82 Å². The maximum absolute atomic E-state index is 12.7. The highest BCUT2D eigenvalue weighted by atomic mass is 31.2. The average Bonchev–Trinajstić information content (AvgIpc) is 3.24. The molecular formula is C53H98NO8P. The van der Waals surface area contributed by atoms with Gasteiger partial charge in [-0.1, -0.05) is 210 Å². The van der Waals surface area contributed by atoms with Crippen LogP contribution in [0.3, 0.4) is 0 Å². The number of hydrogen-bond donors (Lipinski definition) is 0. The van der Waals surface area contributed by atoms with E-state index in [1.807, 2.05) is 27.2 Å². The van der Waals surface area contributed by atoms with Gasteiger partial charge in [-0.3, -0.25) is 14.2 Å². The van der Waals surface area contributed by atoms with Gasteiger partial charge in [0.2, 0.25) is 0 Å². The van der Waals surface area contributed by atoms with Crippen LogP contribution in [0.2, 0.25) is 0 Å². The van der Waals surface area contributed by atoms with E-state index in [0.29, 0.717) is 23.9 Å². The molecule has 0 aliphatic carbocycles. The van der Waals surface area contributed by atoms with E-state index in [9.17, 15) is 19.0 Å². The fourth-order valence-corrected chi connectivity index (χ4v) is 7.79. The number of phosphoric ester groups is 1. The van der Waals surface area contributed by atoms with Crippen LogP contribution in [0.5, 0.6) is 0 Å². The summed E-state index contributed by atoms with van der Waals surface area (Å²) in [6.07, 6.45) is 54.4. The molecule has 63 heavy (non-hydrogen) atoms. The first-order valence-electron chi connectivity index (χ1n) is 25.8. The van der Waals surface area contributed by atoms with Gasteiger partial charge in [-0.15, -0.1) is 0 Å². The third kappa shape index (κ3) is 49.2. The van der Waals surface area contributed by atoms with Gasteiger partial charge in [-0.2, -0.15) is 0 Å². The Kier molecular flexibility index (Phi) is 43.7. The number of rotatable bonds is 47. The predicted octanol–water partition coefficient (Wildman–Crippen LogP) is 14.8. The molecule has 1 unspecified atom stereocenters. The zero-order valence-corrected chi connectivity index (χ0v) is 42.4. The Balaban J connectivity index is 4.34. The Morgan fingerprint density at radius 3 is 1.32 bits per heavy atom. The zero-order valence-electron chi connectivity index (χ0n) is 41.5. The molecule has 0 aromatic rings. The molecule has 0 amide bonds. The molecule has 0 aromatic carbocycles. The van der Waals surface area contributed by atoms with Crippen molar-refractivity contribution in [3.05, 3.63) is 48.6 Å². The Morgan fingerprint density at radius 1 is 0.492 bits per heavy atom. The highest BCUT2D eigenvalue weighted by molar-refractivity contribution is 7.45. The summed E-state index contributed by atoms with van der Waals surface area (Å²) in [5.41, 5.74) is 0. The third-order valence-corrected chi connectivity index (χ3v) is 12.1. The molecule has 0 radical (unpaired) electrons. The molecule has 0 N–H and O–H groups in total. The lowest BCUT2D eigenvalue weighted by Gasteiger charge is -2.28. The van der Waals surface area contributed by atoms with Crippen LogP contribution in [0.1, 0.15) is 226 Å². The summed E-state index contributed by atoms with van der Waals surface area (Å²) >= 11 is 0. The average molecular weight is 908 g/mol. The van der Waals surface area contributed by atoms with Gasteiger partial charge < -0.3 is 27.9 Å². The van der Waals surface area contributed by atoms with E-state index in [4.69, 9.17) is 18.5 Å². The lowest BCUT2D eigenvalue weighted by molar-refractivity contribution is -0.870. The van der Waals surface area contributed by atoms with E-state index >= 15 is 0 Å². The van der Waals surface area contributed by atoms with Crippen molar-refractivity contribution in [3.8, 4) is 0 Å². The second-order valence-electron chi connectivity index (χ2n) is 18.5. The number of ether oxygens (including phenoxy) is 2. The van der Waals surface area contributed by atoms with Gasteiger partial charge in [0, 0.05) is 12.8 Å². The second kappa shape index (κ2) is 45.1. The van der Waals surface area contributed by atoms with Crippen molar-refractivity contribution in [1.29, 1.82) is 0 Å². The summed E-state index contributed by atoms with van der Waals surface area (Å²) in [6, 6.07) is 0. The van der Waals surface area contributed by atoms with E-state index in [1.165, 1.54) is 148 Å². The first-order valence-corrected chi connectivity index (χ1v) is 27.3. The molecular weight excluding hydrogens is 810 g/mol. The highest BCUT2D eigenvalue weighted by Gasteiger charge is 2.21. The van der Waals surface area contributed by atoms with Crippen LogP contribution in [-0.2, 0) is 32.7 Å². The van der Waals surface area contributed by atoms with Gasteiger partial charge in [0.25, 0.3) is 7.82 Å². The maximum atomic E-state index is 12.7. The molecule has 0 bridgehead atoms. The Labute approximate surface area is 388 Å². The number of likely N-dealkylation sites (N-methyl/N-ethyl adjacent to an activating group) is 1. The van der Waals surface area contributed by atoms with E-state index in [2.05, 4.69) is 56.4 Å². The van der Waals surface area contributed by atoms with Crippen LogP contribution < -0.4 is 4.89 Å². The molecule has 0 aliphatic rings. The van der Waals surface area contributed by atoms with Crippen molar-refractivity contribution in [1.82, 2.24) is 0 Å². The SMILES string of the molecule is CCCCCCCCC/C=C/C/C=C/C/C=C/C/C=C/CCCC(=O)O[C@H](COC(=O)CCCCCCCCCCCCCCCCCCCC)COP(=O)([O-])OCC[N+](C)(C)C. The molecule has 0 aromatic heterocycles. The van der Waals surface area contributed by atoms with Gasteiger partial charge >= 0.3 is 11.9 Å². The summed E-state index contributed by atoms with van der Waals surface area (Å²) in [4.78, 5) is 37.7. The molecule has 9 nitrogen and oxygen atoms in total. The molecule has 0 spiro atoms. The third-order valence-electron chi connectivity index (χ3n) is 11.1. The van der Waals surface area contributed by atoms with Crippen molar-refractivity contribution >= 4 is 19.8 Å². The molecule has 0 heterocycles. The standard InChI is InChI=1S/C53H98NO8P/c1-6-8-10-12-14-16-18-20-22-24-26-27-28-30-32-34-36-38-40-42-44-46-53(56)62-51(50-61-63(57,58)60-48-47-54(3,4)5)49-59-52(55)45-43-41-39-37-35-33-31-29-25-23-21-19-17-15-13-11-9-7-2/h22,24,27-28,32,34,38,40,51H,6-21,23,25-26,29-31,33,35-37,39,41-50H2,1-5H3/b24-22+,28-27+,34-32+,40-38+/t51-/m1/s1. The molecule has 10 heteroatoms. The van der Waals surface area contributed by atoms with Crippen molar-refractivity contribution in [3.63, 3.8) is 0 Å². The van der Waals surface area contributed by atoms with Crippen LogP contribution in [-0.4, -0.2) is 70.0 Å². The first-order chi connectivity index (χ1) is 30.5. The summed E-state index contributed by atoms with van der Waals surface area (Å²) in [7, 11) is 1.13. The zero-order chi connectivity index (χ0) is 46.4. The van der Waals surface area contributed by atoms with E-state index in [1.54, 1.807) is 0 Å². The Hall–Kier alpha value is -2.03. The predicted molar refractivity (Wildman–Crippen MR) is 264 cm³/mol. The molecule has 0 aliphatic heterocycles. The molecule has 0 saturated carbocycles. The number of nitrogens with zero attached hydrogens (tertiary/aromatic N) is 1. The van der Waals surface area contributed by atoms with Crippen molar-refractivity contribution in [2.45, 2.75) is 232 Å². The molecule has 0 rings (SSSR count). The molecule has 0 fully saturated rings. The topological polar surface area (TPSA) is 111 Å². The van der Waals surface area contributed by atoms with Crippen LogP contribution in [0.4, 0.5) is 0 Å². The lowest BCUT2D eigenvalue weighted by atomic mass is 10.0. The number of allylic oxidation sites excluding steroid dienone is 8. The monoisotopic (exact) mass is 908 g/mol. The minimum atomic E-state index is -4.64. The summed E-state index contributed by atoms with van der Waals surface area (Å²) in [6.45, 7) is 4.19. The number of carbonyl (C=O) groups is 2. The van der Waals surface area contributed by atoms with Crippen molar-refractivity contribution in [2.24, 2.45) is 0 Å². The smallest absolute Gasteiger partial charge is 0.306 e. The number of unbranched alkanes of at least 4 members (excludes halogenated alkanes) is 25. The van der Waals surface area contributed by atoms with Crippen LogP contribution in [0, 0.1) is 0 Å². The Morgan fingerprint density at radius 2 is 0.873 bits per heavy atom. The minimum absolute atomic E-state index is 0.0409. The number of phosphoric acid groups is 1. The Bertz CT molecular complexity index is 1210. The fraction of sp³-hybridized carbons (Fsp3) is 0.811. The highest BCUT2D eigenvalue weighted by Crippen LogP contribution is 2.38. The van der Waals surface area contributed by atoms with Gasteiger partial charge in [0.1, 0.15) is 19.8 Å². The van der Waals surface area contributed by atoms with E-state index < -0.39 is 32.5 Å². The van der Waals surface area contributed by atoms with E-state index in [0.717, 1.165) is 38.5 Å². The van der Waals surface area contributed by atoms with Gasteiger partial charge in [0.15, 0.2) is 6.10 Å². The fourth-order valence-electron chi connectivity index (χ4n) is 7.06. The first kappa shape index (κ1) is 61.0. The summed E-state index contributed by atoms with van der Waals surface area (Å²) < 4.78 is 34.0. The largest absolute Gasteiger partial charge is 0.756 e. The number of esters is 2. The van der Waals surface area contributed by atoms with Crippen LogP contribution in [0.25, 0.3) is 0 Å². The summed E-state index contributed by atoms with van der Waals surface area (Å²) in [5, 5.41) is 0. The number of carbonyl (C=O) groups excluding carboxylic acids is 2.